The predicted molar refractivity (Wildman–Crippen MR) is 151 cm³/mol. The fourth-order valence-electron chi connectivity index (χ4n) is 4.14. The molecule has 0 aliphatic rings. The molecule has 1 heterocycles. The van der Waals surface area contributed by atoms with Crippen LogP contribution in [0.1, 0.15) is 49.5 Å². The molecule has 0 aliphatic heterocycles. The lowest BCUT2D eigenvalue weighted by molar-refractivity contribution is -0.137. The number of rotatable bonds is 11. The highest BCUT2D eigenvalue weighted by Gasteiger charge is 2.22. The minimum absolute atomic E-state index is 0.0743. The zero-order chi connectivity index (χ0) is 29.5. The number of hydrogen-bond donors (Lipinski definition) is 6. The van der Waals surface area contributed by atoms with Gasteiger partial charge in [-0.3, -0.25) is 19.8 Å². The van der Waals surface area contributed by atoms with Crippen LogP contribution >= 0.6 is 0 Å². The topological polar surface area (TPSA) is 196 Å². The maximum Gasteiger partial charge on any atom is 0.336 e. The summed E-state index contributed by atoms with van der Waals surface area (Å²) in [6.07, 6.45) is 1.61. The molecule has 41 heavy (non-hydrogen) atoms. The van der Waals surface area contributed by atoms with Gasteiger partial charge in [-0.1, -0.05) is 18.2 Å². The summed E-state index contributed by atoms with van der Waals surface area (Å²) in [5.74, 6) is -2.98. The van der Waals surface area contributed by atoms with Crippen molar-refractivity contribution in [3.63, 3.8) is 0 Å². The van der Waals surface area contributed by atoms with Crippen LogP contribution in [0.4, 0.5) is 5.69 Å². The first-order valence-electron chi connectivity index (χ1n) is 12.5. The fraction of sp³-hybridized carbons (Fsp3) is 0.100. The molecule has 208 valence electrons. The Morgan fingerprint density at radius 1 is 0.829 bits per heavy atom. The highest BCUT2D eigenvalue weighted by molar-refractivity contribution is 6.11. The van der Waals surface area contributed by atoms with Gasteiger partial charge in [0.15, 0.2) is 0 Å². The largest absolute Gasteiger partial charge is 0.481 e. The highest BCUT2D eigenvalue weighted by Crippen LogP contribution is 2.33. The van der Waals surface area contributed by atoms with Gasteiger partial charge in [0.1, 0.15) is 11.6 Å². The van der Waals surface area contributed by atoms with Gasteiger partial charge in [-0.2, -0.15) is 0 Å². The quantitative estimate of drug-likeness (QED) is 0.0888. The minimum Gasteiger partial charge on any atom is -0.481 e. The second-order valence-electron chi connectivity index (χ2n) is 9.00. The summed E-state index contributed by atoms with van der Waals surface area (Å²) in [6, 6.07) is 18.8. The van der Waals surface area contributed by atoms with Gasteiger partial charge in [0.2, 0.25) is 0 Å². The molecule has 0 saturated carbocycles. The molecule has 0 saturated heterocycles. The number of benzene rings is 3. The van der Waals surface area contributed by atoms with E-state index in [0.717, 1.165) is 0 Å². The molecule has 0 atom stereocenters. The first-order chi connectivity index (χ1) is 19.6. The SMILES string of the molecule is N=C(N)c1ccc(NC(=O)c2cc(-c3ccco3)ccc2-c2ccc(C(=O)NCCCC(=O)O)cc2C(=O)O)cc1. The van der Waals surface area contributed by atoms with Crippen LogP contribution in [0, 0.1) is 5.41 Å². The number of nitrogens with two attached hydrogens (primary N) is 1. The van der Waals surface area contributed by atoms with E-state index in [1.165, 1.54) is 24.5 Å². The summed E-state index contributed by atoms with van der Waals surface area (Å²) in [5.41, 5.74) is 7.56. The molecule has 2 amide bonds. The van der Waals surface area contributed by atoms with E-state index in [9.17, 15) is 24.3 Å². The summed E-state index contributed by atoms with van der Waals surface area (Å²) in [6.45, 7) is 0.112. The minimum atomic E-state index is -1.30. The summed E-state index contributed by atoms with van der Waals surface area (Å²) >= 11 is 0. The molecular formula is C30H26N4O7. The van der Waals surface area contributed by atoms with Crippen molar-refractivity contribution in [2.24, 2.45) is 5.73 Å². The van der Waals surface area contributed by atoms with Gasteiger partial charge in [0.05, 0.1) is 11.8 Å². The van der Waals surface area contributed by atoms with Crippen molar-refractivity contribution in [3.8, 4) is 22.5 Å². The zero-order valence-electron chi connectivity index (χ0n) is 21.6. The lowest BCUT2D eigenvalue weighted by Crippen LogP contribution is -2.25. The van der Waals surface area contributed by atoms with Crippen molar-refractivity contribution >= 4 is 35.3 Å². The third kappa shape index (κ3) is 6.84. The maximum absolute atomic E-state index is 13.5. The van der Waals surface area contributed by atoms with Gasteiger partial charge in [0.25, 0.3) is 11.8 Å². The Morgan fingerprint density at radius 2 is 1.51 bits per heavy atom. The van der Waals surface area contributed by atoms with Crippen molar-refractivity contribution < 1.29 is 33.8 Å². The summed E-state index contributed by atoms with van der Waals surface area (Å²) < 4.78 is 5.48. The number of amidine groups is 1. The molecule has 0 aliphatic carbocycles. The summed E-state index contributed by atoms with van der Waals surface area (Å²) in [5, 5.41) is 31.7. The van der Waals surface area contributed by atoms with Gasteiger partial charge in [-0.25, -0.2) is 4.79 Å². The molecule has 4 aromatic rings. The van der Waals surface area contributed by atoms with Gasteiger partial charge in [-0.05, 0) is 72.1 Å². The average molecular weight is 555 g/mol. The van der Waals surface area contributed by atoms with Crippen molar-refractivity contribution in [2.75, 3.05) is 11.9 Å². The number of carbonyl (C=O) groups is 4. The van der Waals surface area contributed by atoms with Crippen LogP contribution in [0.2, 0.25) is 0 Å². The van der Waals surface area contributed by atoms with Gasteiger partial charge >= 0.3 is 11.9 Å². The second-order valence-corrected chi connectivity index (χ2v) is 9.00. The number of hydrogen-bond acceptors (Lipinski definition) is 6. The Morgan fingerprint density at radius 3 is 2.15 bits per heavy atom. The predicted octanol–water partition coefficient (Wildman–Crippen LogP) is 4.44. The van der Waals surface area contributed by atoms with Crippen LogP contribution in [0.3, 0.4) is 0 Å². The Kier molecular flexibility index (Phi) is 8.58. The number of furan rings is 1. The monoisotopic (exact) mass is 554 g/mol. The smallest absolute Gasteiger partial charge is 0.336 e. The van der Waals surface area contributed by atoms with Crippen LogP contribution < -0.4 is 16.4 Å². The molecule has 0 radical (unpaired) electrons. The molecular weight excluding hydrogens is 528 g/mol. The van der Waals surface area contributed by atoms with Gasteiger partial charge < -0.3 is 31.0 Å². The number of anilines is 1. The molecule has 11 nitrogen and oxygen atoms in total. The van der Waals surface area contributed by atoms with E-state index in [-0.39, 0.29) is 47.5 Å². The van der Waals surface area contributed by atoms with E-state index in [0.29, 0.717) is 28.1 Å². The van der Waals surface area contributed by atoms with Gasteiger partial charge in [0, 0.05) is 40.9 Å². The Labute approximate surface area is 234 Å². The molecule has 7 N–H and O–H groups in total. The molecule has 11 heteroatoms. The standard InChI is InChI=1S/C30H26N4O7/c31-27(32)17-5-9-20(10-6-17)34-29(38)23-15-18(25-3-2-14-41-25)7-11-21(23)22-12-8-19(16-24(22)30(39)40)28(37)33-13-1-4-26(35)36/h2-3,5-12,14-16H,1,4,13H2,(H3,31,32)(H,33,37)(H,34,38)(H,35,36)(H,39,40). The zero-order valence-corrected chi connectivity index (χ0v) is 21.6. The molecule has 0 bridgehead atoms. The van der Waals surface area contributed by atoms with Crippen molar-refractivity contribution in [3.05, 3.63) is 101 Å². The molecule has 4 rings (SSSR count). The average Bonchev–Trinajstić information content (AvgIpc) is 3.50. The normalized spacial score (nSPS) is 10.5. The van der Waals surface area contributed by atoms with E-state index in [2.05, 4.69) is 10.6 Å². The maximum atomic E-state index is 13.5. The number of nitrogens with one attached hydrogen (secondary N) is 3. The Bertz CT molecular complexity index is 1630. The molecule has 1 aromatic heterocycles. The first-order valence-corrected chi connectivity index (χ1v) is 12.5. The second kappa shape index (κ2) is 12.4. The summed E-state index contributed by atoms with van der Waals surface area (Å²) in [4.78, 5) is 49.1. The lowest BCUT2D eigenvalue weighted by Gasteiger charge is -2.15. The highest BCUT2D eigenvalue weighted by atomic mass is 16.4. The van der Waals surface area contributed by atoms with Gasteiger partial charge in [-0.15, -0.1) is 0 Å². The number of carboxylic acid groups (broad SMARTS) is 2. The van der Waals surface area contributed by atoms with Crippen molar-refractivity contribution in [2.45, 2.75) is 12.8 Å². The first kappa shape index (κ1) is 28.3. The van der Waals surface area contributed by atoms with E-state index in [1.54, 1.807) is 54.6 Å². The Hall–Kier alpha value is -5.71. The number of aromatic carboxylic acids is 1. The number of aliphatic carboxylic acids is 1. The van der Waals surface area contributed by atoms with E-state index in [1.807, 2.05) is 0 Å². The van der Waals surface area contributed by atoms with Crippen LogP contribution in [-0.2, 0) is 4.79 Å². The summed E-state index contributed by atoms with van der Waals surface area (Å²) in [7, 11) is 0. The Balaban J connectivity index is 1.71. The molecule has 0 spiro atoms. The molecule has 0 fully saturated rings. The third-order valence-electron chi connectivity index (χ3n) is 6.18. The number of amides is 2. The van der Waals surface area contributed by atoms with Crippen LogP contribution in [0.15, 0.2) is 83.5 Å². The van der Waals surface area contributed by atoms with E-state index in [4.69, 9.17) is 20.7 Å². The number of nitrogen functional groups attached to an aromatic ring is 1. The van der Waals surface area contributed by atoms with E-state index >= 15 is 0 Å². The van der Waals surface area contributed by atoms with Crippen LogP contribution in [0.25, 0.3) is 22.5 Å². The fourth-order valence-corrected chi connectivity index (χ4v) is 4.14. The number of carboxylic acids is 2. The number of carbonyl (C=O) groups excluding carboxylic acids is 2. The van der Waals surface area contributed by atoms with Crippen molar-refractivity contribution in [1.29, 1.82) is 5.41 Å². The lowest BCUT2D eigenvalue weighted by atomic mass is 9.91. The van der Waals surface area contributed by atoms with Crippen LogP contribution in [0.5, 0.6) is 0 Å². The molecule has 0 unspecified atom stereocenters. The van der Waals surface area contributed by atoms with Crippen LogP contribution in [-0.4, -0.2) is 46.3 Å². The van der Waals surface area contributed by atoms with Crippen molar-refractivity contribution in [1.82, 2.24) is 5.32 Å². The van der Waals surface area contributed by atoms with E-state index < -0.39 is 23.8 Å². The third-order valence-corrected chi connectivity index (χ3v) is 6.18. The molecule has 3 aromatic carbocycles.